The standard InChI is InChI=1S/C4H8NS/c1-4-2-3-6-5-4/h2,4-5H,3H2,1H3. The second-order valence-corrected chi connectivity index (χ2v) is 2.31. The predicted octanol–water partition coefficient (Wildman–Crippen LogP) is 0.831. The molecule has 1 atom stereocenters. The number of nitrogens with one attached hydrogen (secondary N) is 1. The highest BCUT2D eigenvalue weighted by molar-refractivity contribution is 7.97. The van der Waals surface area contributed by atoms with Gasteiger partial charge in [-0.3, -0.25) is 4.72 Å². The van der Waals surface area contributed by atoms with Crippen LogP contribution < -0.4 is 4.72 Å². The first-order valence-corrected chi connectivity index (χ1v) is 3.09. The van der Waals surface area contributed by atoms with Crippen molar-refractivity contribution in [1.82, 2.24) is 4.72 Å². The highest BCUT2D eigenvalue weighted by Gasteiger charge is 2.06. The van der Waals surface area contributed by atoms with Gasteiger partial charge in [-0.1, -0.05) is 11.9 Å². The van der Waals surface area contributed by atoms with Gasteiger partial charge in [0.25, 0.3) is 0 Å². The van der Waals surface area contributed by atoms with Crippen LogP contribution in [-0.2, 0) is 0 Å². The van der Waals surface area contributed by atoms with Crippen molar-refractivity contribution in [2.24, 2.45) is 0 Å². The Morgan fingerprint density at radius 2 is 2.83 bits per heavy atom. The van der Waals surface area contributed by atoms with E-state index in [2.05, 4.69) is 18.1 Å². The Kier molecular flexibility index (Phi) is 1.37. The Balaban J connectivity index is 2.18. The van der Waals surface area contributed by atoms with E-state index >= 15 is 0 Å². The molecule has 1 nitrogen and oxygen atoms in total. The summed E-state index contributed by atoms with van der Waals surface area (Å²) in [6.45, 7) is 2.15. The molecule has 1 heterocycles. The number of hydrogen-bond donors (Lipinski definition) is 1. The van der Waals surface area contributed by atoms with Crippen molar-refractivity contribution in [3.05, 3.63) is 6.42 Å². The van der Waals surface area contributed by atoms with Gasteiger partial charge in [-0.05, 0) is 13.3 Å². The van der Waals surface area contributed by atoms with E-state index < -0.39 is 0 Å². The van der Waals surface area contributed by atoms with Crippen LogP contribution in [-0.4, -0.2) is 11.8 Å². The molecule has 1 aliphatic heterocycles. The Hall–Kier alpha value is 0.310. The van der Waals surface area contributed by atoms with Crippen LogP contribution in [0.25, 0.3) is 0 Å². The summed E-state index contributed by atoms with van der Waals surface area (Å²) in [5.74, 6) is 1.17. The van der Waals surface area contributed by atoms with Crippen LogP contribution in [0.1, 0.15) is 6.92 Å². The maximum Gasteiger partial charge on any atom is 0.0183 e. The van der Waals surface area contributed by atoms with E-state index in [9.17, 15) is 0 Å². The quantitative estimate of drug-likeness (QED) is 0.455. The Bertz CT molecular complexity index is 40.8. The molecule has 1 radical (unpaired) electrons. The van der Waals surface area contributed by atoms with Crippen LogP contribution >= 0.6 is 11.9 Å². The first kappa shape index (κ1) is 4.47. The highest BCUT2D eigenvalue weighted by Crippen LogP contribution is 2.09. The van der Waals surface area contributed by atoms with Gasteiger partial charge < -0.3 is 0 Å². The fourth-order valence-electron chi connectivity index (χ4n) is 0.420. The van der Waals surface area contributed by atoms with Crippen LogP contribution in [0, 0.1) is 6.42 Å². The molecule has 0 aromatic rings. The zero-order chi connectivity index (χ0) is 4.41. The molecule has 1 fully saturated rings. The summed E-state index contributed by atoms with van der Waals surface area (Å²) < 4.78 is 3.18. The van der Waals surface area contributed by atoms with Crippen molar-refractivity contribution >= 4 is 11.9 Å². The van der Waals surface area contributed by atoms with Crippen LogP contribution in [0.5, 0.6) is 0 Å². The van der Waals surface area contributed by atoms with Crippen molar-refractivity contribution in [3.63, 3.8) is 0 Å². The third kappa shape index (κ3) is 0.884. The van der Waals surface area contributed by atoms with Gasteiger partial charge in [-0.2, -0.15) is 0 Å². The van der Waals surface area contributed by atoms with E-state index in [1.807, 2.05) is 0 Å². The SMILES string of the molecule is CC1[CH]CSN1. The van der Waals surface area contributed by atoms with Gasteiger partial charge in [0, 0.05) is 11.8 Å². The largest absolute Gasteiger partial charge is 0.261 e. The third-order valence-electron chi connectivity index (χ3n) is 0.802. The zero-order valence-electron chi connectivity index (χ0n) is 3.77. The molecule has 6 heavy (non-hydrogen) atoms. The van der Waals surface area contributed by atoms with Gasteiger partial charge in [-0.15, -0.1) is 0 Å². The molecule has 1 N–H and O–H groups in total. The maximum absolute atomic E-state index is 3.18. The second-order valence-electron chi connectivity index (χ2n) is 1.45. The fourth-order valence-corrected chi connectivity index (χ4v) is 1.26. The van der Waals surface area contributed by atoms with Crippen LogP contribution in [0.4, 0.5) is 0 Å². The molecule has 0 spiro atoms. The van der Waals surface area contributed by atoms with Gasteiger partial charge >= 0.3 is 0 Å². The van der Waals surface area contributed by atoms with Gasteiger partial charge in [-0.25, -0.2) is 0 Å². The molecular formula is C4H8NS. The topological polar surface area (TPSA) is 12.0 Å². The van der Waals surface area contributed by atoms with Crippen LogP contribution in [0.3, 0.4) is 0 Å². The van der Waals surface area contributed by atoms with Gasteiger partial charge in [0.1, 0.15) is 0 Å². The molecule has 35 valence electrons. The van der Waals surface area contributed by atoms with E-state index in [0.29, 0.717) is 6.04 Å². The summed E-state index contributed by atoms with van der Waals surface area (Å²) in [6, 6.07) is 0.634. The summed E-state index contributed by atoms with van der Waals surface area (Å²) in [4.78, 5) is 0. The lowest BCUT2D eigenvalue weighted by molar-refractivity contribution is 0.826. The minimum absolute atomic E-state index is 0.634. The summed E-state index contributed by atoms with van der Waals surface area (Å²) in [5.41, 5.74) is 0. The van der Waals surface area contributed by atoms with Crippen molar-refractivity contribution in [3.8, 4) is 0 Å². The van der Waals surface area contributed by atoms with E-state index in [0.717, 1.165) is 0 Å². The normalized spacial score (nSPS) is 34.5. The second kappa shape index (κ2) is 1.85. The highest BCUT2D eigenvalue weighted by atomic mass is 32.2. The van der Waals surface area contributed by atoms with Crippen molar-refractivity contribution in [2.75, 3.05) is 5.75 Å². The lowest BCUT2D eigenvalue weighted by atomic mass is 10.3. The fraction of sp³-hybridized carbons (Fsp3) is 0.750. The zero-order valence-corrected chi connectivity index (χ0v) is 4.59. The van der Waals surface area contributed by atoms with Crippen LogP contribution in [0.2, 0.25) is 0 Å². The number of rotatable bonds is 0. The monoisotopic (exact) mass is 102 g/mol. The van der Waals surface area contributed by atoms with Crippen LogP contribution in [0.15, 0.2) is 0 Å². The van der Waals surface area contributed by atoms with E-state index in [-0.39, 0.29) is 0 Å². The average molecular weight is 102 g/mol. The minimum atomic E-state index is 0.634. The van der Waals surface area contributed by atoms with Crippen molar-refractivity contribution < 1.29 is 0 Å². The molecule has 0 aliphatic carbocycles. The lowest BCUT2D eigenvalue weighted by Gasteiger charge is -1.93. The molecule has 0 saturated carbocycles. The molecule has 1 unspecified atom stereocenters. The summed E-state index contributed by atoms with van der Waals surface area (Å²) in [5, 5.41) is 0. The molecule has 0 aromatic carbocycles. The molecule has 0 aromatic heterocycles. The van der Waals surface area contributed by atoms with E-state index in [1.54, 1.807) is 11.9 Å². The Labute approximate surface area is 42.6 Å². The molecule has 0 amide bonds. The maximum atomic E-state index is 3.18. The first-order chi connectivity index (χ1) is 2.89. The molecule has 1 saturated heterocycles. The van der Waals surface area contributed by atoms with Gasteiger partial charge in [0.15, 0.2) is 0 Å². The van der Waals surface area contributed by atoms with Crippen molar-refractivity contribution in [2.45, 2.75) is 13.0 Å². The lowest BCUT2D eigenvalue weighted by Crippen LogP contribution is -2.10. The van der Waals surface area contributed by atoms with Gasteiger partial charge in [0.2, 0.25) is 0 Å². The molecule has 0 bridgehead atoms. The van der Waals surface area contributed by atoms with Gasteiger partial charge in [0.05, 0.1) is 0 Å². The minimum Gasteiger partial charge on any atom is -0.261 e. The first-order valence-electron chi connectivity index (χ1n) is 2.10. The molecule has 1 rings (SSSR count). The van der Waals surface area contributed by atoms with E-state index in [1.165, 1.54) is 5.75 Å². The Morgan fingerprint density at radius 1 is 2.00 bits per heavy atom. The smallest absolute Gasteiger partial charge is 0.0183 e. The third-order valence-corrected chi connectivity index (χ3v) is 1.70. The summed E-state index contributed by atoms with van der Waals surface area (Å²) >= 11 is 1.78. The Morgan fingerprint density at radius 3 is 3.00 bits per heavy atom. The van der Waals surface area contributed by atoms with Crippen molar-refractivity contribution in [1.29, 1.82) is 0 Å². The molecule has 2 heteroatoms. The molecular weight excluding hydrogens is 94.1 g/mol. The summed E-state index contributed by atoms with van der Waals surface area (Å²) in [7, 11) is 0. The predicted molar refractivity (Wildman–Crippen MR) is 29.4 cm³/mol. The average Bonchev–Trinajstić information content (AvgIpc) is 1.86. The van der Waals surface area contributed by atoms with E-state index in [4.69, 9.17) is 0 Å². The molecule has 1 aliphatic rings. The number of hydrogen-bond acceptors (Lipinski definition) is 2. The summed E-state index contributed by atoms with van der Waals surface area (Å²) in [6.07, 6.45) is 2.25.